The number of nitrogens with zero attached hydrogens (tertiary/aromatic N) is 1. The van der Waals surface area contributed by atoms with Crippen molar-refractivity contribution in [3.8, 4) is 0 Å². The van der Waals surface area contributed by atoms with Crippen molar-refractivity contribution in [1.82, 2.24) is 0 Å². The molecular formula is C15H20N2O3. The van der Waals surface area contributed by atoms with E-state index in [0.29, 0.717) is 12.1 Å². The van der Waals surface area contributed by atoms with Crippen LogP contribution < -0.4 is 10.2 Å². The highest BCUT2D eigenvalue weighted by atomic mass is 16.4. The van der Waals surface area contributed by atoms with Crippen molar-refractivity contribution >= 4 is 23.3 Å². The highest BCUT2D eigenvalue weighted by molar-refractivity contribution is 5.98. The number of hydrogen-bond acceptors (Lipinski definition) is 3. The van der Waals surface area contributed by atoms with Crippen molar-refractivity contribution in [2.45, 2.75) is 20.3 Å². The van der Waals surface area contributed by atoms with E-state index in [1.807, 2.05) is 24.3 Å². The lowest BCUT2D eigenvalue weighted by atomic mass is 10.2. The first-order valence-electron chi connectivity index (χ1n) is 6.95. The number of nitrogens with one attached hydrogen (secondary N) is 1. The number of hydrogen-bond donors (Lipinski definition) is 2. The molecule has 0 saturated heterocycles. The molecule has 0 aliphatic heterocycles. The fourth-order valence-electron chi connectivity index (χ4n) is 2.34. The molecule has 1 aliphatic carbocycles. The smallest absolute Gasteiger partial charge is 0.307 e. The Morgan fingerprint density at radius 2 is 1.80 bits per heavy atom. The molecule has 2 rings (SSSR count). The van der Waals surface area contributed by atoms with Gasteiger partial charge in [-0.3, -0.25) is 9.59 Å². The molecule has 0 bridgehead atoms. The summed E-state index contributed by atoms with van der Waals surface area (Å²) in [5.41, 5.74) is 1.82. The van der Waals surface area contributed by atoms with Gasteiger partial charge in [-0.05, 0) is 44.5 Å². The number of carbonyl (C=O) groups is 2. The van der Waals surface area contributed by atoms with Crippen LogP contribution in [0.5, 0.6) is 0 Å². The Kier molecular flexibility index (Phi) is 4.27. The number of carboxylic acids is 1. The standard InChI is InChI=1S/C15H20N2O3/c1-3-17(4-2)11-7-5-10(6-8-11)16-14(18)12-9-13(12)15(19)20/h5-8,12-13H,3-4,9H2,1-2H3,(H,16,18)(H,19,20)/t12-,13+/m1/s1. The van der Waals surface area contributed by atoms with Gasteiger partial charge in [-0.25, -0.2) is 0 Å². The van der Waals surface area contributed by atoms with Gasteiger partial charge in [0.1, 0.15) is 0 Å². The molecule has 2 atom stereocenters. The second-order valence-electron chi connectivity index (χ2n) is 5.00. The predicted molar refractivity (Wildman–Crippen MR) is 77.9 cm³/mol. The number of anilines is 2. The molecule has 5 heteroatoms. The first-order valence-corrected chi connectivity index (χ1v) is 6.95. The van der Waals surface area contributed by atoms with Crippen LogP contribution in [0.25, 0.3) is 0 Å². The SMILES string of the molecule is CCN(CC)c1ccc(NC(=O)[C@@H]2C[C@@H]2C(=O)O)cc1. The molecule has 1 fully saturated rings. The third-order valence-corrected chi connectivity index (χ3v) is 3.71. The van der Waals surface area contributed by atoms with Gasteiger partial charge in [-0.2, -0.15) is 0 Å². The van der Waals surface area contributed by atoms with Gasteiger partial charge in [0, 0.05) is 24.5 Å². The molecule has 0 radical (unpaired) electrons. The van der Waals surface area contributed by atoms with Crippen LogP contribution in [0.4, 0.5) is 11.4 Å². The summed E-state index contributed by atoms with van der Waals surface area (Å²) in [5, 5.41) is 11.6. The van der Waals surface area contributed by atoms with Crippen LogP contribution in [0.3, 0.4) is 0 Å². The van der Waals surface area contributed by atoms with Gasteiger partial charge >= 0.3 is 5.97 Å². The normalized spacial score (nSPS) is 20.3. The number of benzene rings is 1. The number of rotatable bonds is 6. The lowest BCUT2D eigenvalue weighted by Crippen LogP contribution is -2.21. The minimum absolute atomic E-state index is 0.201. The molecule has 108 valence electrons. The van der Waals surface area contributed by atoms with E-state index >= 15 is 0 Å². The molecule has 0 unspecified atom stereocenters. The average molecular weight is 276 g/mol. The summed E-state index contributed by atoms with van der Waals surface area (Å²) in [6.07, 6.45) is 0.443. The minimum Gasteiger partial charge on any atom is -0.481 e. The van der Waals surface area contributed by atoms with Gasteiger partial charge in [0.25, 0.3) is 0 Å². The molecule has 1 saturated carbocycles. The second kappa shape index (κ2) is 5.94. The highest BCUT2D eigenvalue weighted by Crippen LogP contribution is 2.39. The highest BCUT2D eigenvalue weighted by Gasteiger charge is 2.48. The maximum absolute atomic E-state index is 11.8. The topological polar surface area (TPSA) is 69.6 Å². The van der Waals surface area contributed by atoms with E-state index in [1.54, 1.807) is 0 Å². The van der Waals surface area contributed by atoms with Crippen molar-refractivity contribution < 1.29 is 14.7 Å². The molecule has 1 aromatic rings. The summed E-state index contributed by atoms with van der Waals surface area (Å²) in [5.74, 6) is -1.98. The van der Waals surface area contributed by atoms with E-state index in [2.05, 4.69) is 24.1 Å². The number of aliphatic carboxylic acids is 1. The maximum Gasteiger partial charge on any atom is 0.307 e. The summed E-state index contributed by atoms with van der Waals surface area (Å²) in [4.78, 5) is 24.8. The van der Waals surface area contributed by atoms with Crippen LogP contribution in [0, 0.1) is 11.8 Å². The van der Waals surface area contributed by atoms with E-state index in [9.17, 15) is 9.59 Å². The largest absolute Gasteiger partial charge is 0.481 e. The third kappa shape index (κ3) is 3.10. The van der Waals surface area contributed by atoms with Crippen molar-refractivity contribution in [3.05, 3.63) is 24.3 Å². The van der Waals surface area contributed by atoms with Gasteiger partial charge in [0.15, 0.2) is 0 Å². The van der Waals surface area contributed by atoms with Gasteiger partial charge in [0.2, 0.25) is 5.91 Å². The Morgan fingerprint density at radius 3 is 2.25 bits per heavy atom. The lowest BCUT2D eigenvalue weighted by Gasteiger charge is -2.21. The van der Waals surface area contributed by atoms with Crippen molar-refractivity contribution in [2.75, 3.05) is 23.3 Å². The van der Waals surface area contributed by atoms with Crippen LogP contribution in [0.1, 0.15) is 20.3 Å². The molecule has 0 heterocycles. The zero-order valence-corrected chi connectivity index (χ0v) is 11.8. The molecule has 1 aromatic carbocycles. The molecule has 1 amide bonds. The molecule has 1 aliphatic rings. The zero-order valence-electron chi connectivity index (χ0n) is 11.8. The molecule has 0 spiro atoms. The summed E-state index contributed by atoms with van der Waals surface area (Å²) < 4.78 is 0. The van der Waals surface area contributed by atoms with Crippen LogP contribution in [0.15, 0.2) is 24.3 Å². The first kappa shape index (κ1) is 14.4. The Balaban J connectivity index is 1.94. The van der Waals surface area contributed by atoms with E-state index in [4.69, 9.17) is 5.11 Å². The fourth-order valence-corrected chi connectivity index (χ4v) is 2.34. The number of carboxylic acid groups (broad SMARTS) is 1. The van der Waals surface area contributed by atoms with Gasteiger partial charge in [-0.15, -0.1) is 0 Å². The fraction of sp³-hybridized carbons (Fsp3) is 0.467. The molecule has 2 N–H and O–H groups in total. The molecule has 5 nitrogen and oxygen atoms in total. The molecule has 0 aromatic heterocycles. The third-order valence-electron chi connectivity index (χ3n) is 3.71. The van der Waals surface area contributed by atoms with Crippen LogP contribution >= 0.6 is 0 Å². The number of amides is 1. The van der Waals surface area contributed by atoms with Crippen molar-refractivity contribution in [1.29, 1.82) is 0 Å². The minimum atomic E-state index is -0.887. The monoisotopic (exact) mass is 276 g/mol. The summed E-state index contributed by atoms with van der Waals surface area (Å²) in [6, 6.07) is 7.63. The Labute approximate surface area is 118 Å². The van der Waals surface area contributed by atoms with E-state index < -0.39 is 11.9 Å². The Morgan fingerprint density at radius 1 is 1.20 bits per heavy atom. The zero-order chi connectivity index (χ0) is 14.7. The maximum atomic E-state index is 11.8. The lowest BCUT2D eigenvalue weighted by molar-refractivity contribution is -0.139. The van der Waals surface area contributed by atoms with Gasteiger partial charge in [-0.1, -0.05) is 0 Å². The van der Waals surface area contributed by atoms with Crippen LogP contribution in [0.2, 0.25) is 0 Å². The average Bonchev–Trinajstić information content (AvgIpc) is 3.22. The Hall–Kier alpha value is -2.04. The quantitative estimate of drug-likeness (QED) is 0.835. The van der Waals surface area contributed by atoms with E-state index in [0.717, 1.165) is 18.8 Å². The number of carbonyl (C=O) groups excluding carboxylic acids is 1. The molecular weight excluding hydrogens is 256 g/mol. The summed E-state index contributed by atoms with van der Waals surface area (Å²) >= 11 is 0. The second-order valence-corrected chi connectivity index (χ2v) is 5.00. The molecule has 20 heavy (non-hydrogen) atoms. The summed E-state index contributed by atoms with van der Waals surface area (Å²) in [6.45, 7) is 6.06. The van der Waals surface area contributed by atoms with Crippen LogP contribution in [-0.2, 0) is 9.59 Å². The van der Waals surface area contributed by atoms with Crippen LogP contribution in [-0.4, -0.2) is 30.1 Å². The van der Waals surface area contributed by atoms with Gasteiger partial charge < -0.3 is 15.3 Å². The van der Waals surface area contributed by atoms with Crippen molar-refractivity contribution in [3.63, 3.8) is 0 Å². The van der Waals surface area contributed by atoms with Gasteiger partial charge in [0.05, 0.1) is 11.8 Å². The first-order chi connectivity index (χ1) is 9.56. The van der Waals surface area contributed by atoms with E-state index in [1.165, 1.54) is 0 Å². The Bertz CT molecular complexity index is 494. The van der Waals surface area contributed by atoms with E-state index in [-0.39, 0.29) is 11.8 Å². The predicted octanol–water partition coefficient (Wildman–Crippen LogP) is 2.19. The summed E-state index contributed by atoms with van der Waals surface area (Å²) in [7, 11) is 0. The van der Waals surface area contributed by atoms with Crippen molar-refractivity contribution in [2.24, 2.45) is 11.8 Å².